The Hall–Kier alpha value is -2.85. The molecular formula is C21H23N3O5S2. The lowest BCUT2D eigenvalue weighted by atomic mass is 10.1. The van der Waals surface area contributed by atoms with Gasteiger partial charge in [0.25, 0.3) is 21.8 Å². The smallest absolute Gasteiger partial charge is 0.269 e. The van der Waals surface area contributed by atoms with E-state index in [2.05, 4.69) is 5.32 Å². The summed E-state index contributed by atoms with van der Waals surface area (Å²) in [5.41, 5.74) is 0.775. The number of nitrogens with one attached hydrogen (secondary N) is 1. The van der Waals surface area contributed by atoms with E-state index in [4.69, 9.17) is 0 Å². The number of rotatable bonds is 6. The average Bonchev–Trinajstić information content (AvgIpc) is 2.92. The van der Waals surface area contributed by atoms with Crippen LogP contribution in [0.15, 0.2) is 52.3 Å². The Morgan fingerprint density at radius 3 is 2.48 bits per heavy atom. The number of anilines is 1. The number of benzene rings is 2. The Morgan fingerprint density at radius 1 is 1.16 bits per heavy atom. The van der Waals surface area contributed by atoms with Crippen molar-refractivity contribution in [2.75, 3.05) is 25.2 Å². The Bertz CT molecular complexity index is 1160. The van der Waals surface area contributed by atoms with Gasteiger partial charge in [0, 0.05) is 23.5 Å². The zero-order chi connectivity index (χ0) is 22.9. The number of amides is 3. The topological polar surface area (TPSA) is 104 Å². The first-order valence-corrected chi connectivity index (χ1v) is 12.2. The highest BCUT2D eigenvalue weighted by atomic mass is 32.2. The Balaban J connectivity index is 1.78. The van der Waals surface area contributed by atoms with Crippen LogP contribution in [0, 0.1) is 0 Å². The number of likely N-dealkylation sites (N-methyl/N-ethyl adjacent to an activating group) is 1. The third-order valence-corrected chi connectivity index (χ3v) is 7.57. The molecule has 0 spiro atoms. The molecule has 2 aromatic carbocycles. The first-order chi connectivity index (χ1) is 14.6. The van der Waals surface area contributed by atoms with Crippen molar-refractivity contribution in [1.82, 2.24) is 9.21 Å². The molecule has 0 saturated heterocycles. The zero-order valence-corrected chi connectivity index (χ0v) is 19.2. The molecule has 164 valence electrons. The molecule has 0 aromatic heterocycles. The summed E-state index contributed by atoms with van der Waals surface area (Å²) in [4.78, 5) is 39.6. The summed E-state index contributed by atoms with van der Waals surface area (Å²) in [6, 6.07) is 10.7. The second kappa shape index (κ2) is 8.72. The van der Waals surface area contributed by atoms with E-state index in [0.717, 1.165) is 9.20 Å². The van der Waals surface area contributed by atoms with Crippen LogP contribution in [-0.4, -0.2) is 61.2 Å². The maximum atomic E-state index is 12.8. The van der Waals surface area contributed by atoms with E-state index >= 15 is 0 Å². The molecule has 0 radical (unpaired) electrons. The zero-order valence-electron chi connectivity index (χ0n) is 17.6. The van der Waals surface area contributed by atoms with Crippen molar-refractivity contribution in [3.05, 3.63) is 53.6 Å². The molecular weight excluding hydrogens is 438 g/mol. The van der Waals surface area contributed by atoms with Crippen LogP contribution >= 0.6 is 11.8 Å². The van der Waals surface area contributed by atoms with Gasteiger partial charge in [0.05, 0.1) is 17.8 Å². The number of hydrogen-bond donors (Lipinski definition) is 1. The second-order valence-corrected chi connectivity index (χ2v) is 9.95. The monoisotopic (exact) mass is 461 g/mol. The number of hydrogen-bond acceptors (Lipinski definition) is 6. The quantitative estimate of drug-likeness (QED) is 0.664. The van der Waals surface area contributed by atoms with Gasteiger partial charge in [0.2, 0.25) is 5.91 Å². The normalized spacial score (nSPS) is 14.5. The molecule has 0 bridgehead atoms. The minimum absolute atomic E-state index is 0.0410. The van der Waals surface area contributed by atoms with E-state index in [0.29, 0.717) is 5.69 Å². The number of carbonyl (C=O) groups excluding carboxylic acids is 3. The predicted octanol–water partition coefficient (Wildman–Crippen LogP) is 2.67. The third-order valence-electron chi connectivity index (χ3n) is 4.77. The van der Waals surface area contributed by atoms with Crippen LogP contribution in [0.5, 0.6) is 0 Å². The summed E-state index contributed by atoms with van der Waals surface area (Å²) in [6.45, 7) is 2.99. The fourth-order valence-electron chi connectivity index (χ4n) is 3.34. The largest absolute Gasteiger partial charge is 0.332 e. The average molecular weight is 462 g/mol. The van der Waals surface area contributed by atoms with Crippen molar-refractivity contribution in [1.29, 1.82) is 0 Å². The molecule has 0 atom stereocenters. The highest BCUT2D eigenvalue weighted by Crippen LogP contribution is 2.32. The molecule has 2 aromatic rings. The molecule has 1 N–H and O–H groups in total. The number of nitrogens with zero attached hydrogens (tertiary/aromatic N) is 2. The Labute approximate surface area is 185 Å². The summed E-state index contributed by atoms with van der Waals surface area (Å²) in [5.74, 6) is -1.52. The van der Waals surface area contributed by atoms with E-state index in [1.807, 2.05) is 18.4 Å². The molecule has 8 nitrogen and oxygen atoms in total. The van der Waals surface area contributed by atoms with Gasteiger partial charge in [-0.3, -0.25) is 14.4 Å². The fraction of sp³-hybridized carbons (Fsp3) is 0.286. The van der Waals surface area contributed by atoms with E-state index in [1.165, 1.54) is 41.9 Å². The number of thioether (sulfide) groups is 1. The van der Waals surface area contributed by atoms with Crippen molar-refractivity contribution >= 4 is 45.2 Å². The SMILES string of the molecule is CSc1ccccc1NC(=O)CN(C)C(=O)c1ccc2c(c1)S(=O)(=O)N(C(C)C)C2=O. The number of carbonyl (C=O) groups is 3. The van der Waals surface area contributed by atoms with Crippen LogP contribution in [0.2, 0.25) is 0 Å². The highest BCUT2D eigenvalue weighted by Gasteiger charge is 2.43. The summed E-state index contributed by atoms with van der Waals surface area (Å²) in [6.07, 6.45) is 1.90. The van der Waals surface area contributed by atoms with E-state index in [-0.39, 0.29) is 28.5 Å². The molecule has 1 aliphatic rings. The van der Waals surface area contributed by atoms with Crippen molar-refractivity contribution in [2.45, 2.75) is 29.7 Å². The second-order valence-electron chi connectivity index (χ2n) is 7.32. The Kier molecular flexibility index (Phi) is 6.42. The molecule has 3 rings (SSSR count). The van der Waals surface area contributed by atoms with Crippen LogP contribution < -0.4 is 5.32 Å². The van der Waals surface area contributed by atoms with E-state index in [9.17, 15) is 22.8 Å². The Morgan fingerprint density at radius 2 is 1.84 bits per heavy atom. The summed E-state index contributed by atoms with van der Waals surface area (Å²) >= 11 is 1.49. The molecule has 31 heavy (non-hydrogen) atoms. The lowest BCUT2D eigenvalue weighted by Crippen LogP contribution is -2.36. The van der Waals surface area contributed by atoms with Gasteiger partial charge in [-0.1, -0.05) is 12.1 Å². The van der Waals surface area contributed by atoms with E-state index in [1.54, 1.807) is 26.0 Å². The van der Waals surface area contributed by atoms with Gasteiger partial charge >= 0.3 is 0 Å². The van der Waals surface area contributed by atoms with Gasteiger partial charge in [-0.15, -0.1) is 11.8 Å². The van der Waals surface area contributed by atoms with Gasteiger partial charge in [0.15, 0.2) is 0 Å². The maximum Gasteiger partial charge on any atom is 0.269 e. The van der Waals surface area contributed by atoms with Crippen LogP contribution in [0.1, 0.15) is 34.6 Å². The molecule has 0 saturated carbocycles. The summed E-state index contributed by atoms with van der Waals surface area (Å²) in [7, 11) is -2.56. The van der Waals surface area contributed by atoms with Gasteiger partial charge in [-0.2, -0.15) is 0 Å². The van der Waals surface area contributed by atoms with Crippen LogP contribution in [0.25, 0.3) is 0 Å². The first-order valence-electron chi connectivity index (χ1n) is 9.49. The van der Waals surface area contributed by atoms with Gasteiger partial charge in [0.1, 0.15) is 4.90 Å². The van der Waals surface area contributed by atoms with Gasteiger partial charge in [-0.25, -0.2) is 12.7 Å². The van der Waals surface area contributed by atoms with Crippen LogP contribution in [0.4, 0.5) is 5.69 Å². The van der Waals surface area contributed by atoms with Gasteiger partial charge in [-0.05, 0) is 50.4 Å². The molecule has 1 aliphatic heterocycles. The molecule has 1 heterocycles. The minimum atomic E-state index is -4.02. The third kappa shape index (κ3) is 4.31. The number of sulfonamides is 1. The standard InChI is InChI=1S/C21H23N3O5S2/c1-13(2)24-21(27)15-10-9-14(11-18(15)31(24,28)29)20(26)23(3)12-19(25)22-16-7-5-6-8-17(16)30-4/h5-11,13H,12H2,1-4H3,(H,22,25). The van der Waals surface area contributed by atoms with Crippen molar-refractivity contribution in [3.8, 4) is 0 Å². The lowest BCUT2D eigenvalue weighted by Gasteiger charge is -2.19. The predicted molar refractivity (Wildman–Crippen MR) is 119 cm³/mol. The van der Waals surface area contributed by atoms with Crippen molar-refractivity contribution in [3.63, 3.8) is 0 Å². The van der Waals surface area contributed by atoms with Crippen LogP contribution in [0.3, 0.4) is 0 Å². The molecule has 10 heteroatoms. The van der Waals surface area contributed by atoms with Gasteiger partial charge < -0.3 is 10.2 Å². The first kappa shape index (κ1) is 22.8. The van der Waals surface area contributed by atoms with E-state index < -0.39 is 27.9 Å². The van der Waals surface area contributed by atoms with Crippen molar-refractivity contribution in [2.24, 2.45) is 0 Å². The minimum Gasteiger partial charge on any atom is -0.332 e. The summed E-state index contributed by atoms with van der Waals surface area (Å²) < 4.78 is 26.3. The number of para-hydroxylation sites is 1. The van der Waals surface area contributed by atoms with Crippen LogP contribution in [-0.2, 0) is 14.8 Å². The molecule has 3 amide bonds. The number of fused-ring (bicyclic) bond motifs is 1. The molecule has 0 aliphatic carbocycles. The lowest BCUT2D eigenvalue weighted by molar-refractivity contribution is -0.116. The summed E-state index contributed by atoms with van der Waals surface area (Å²) in [5, 5.41) is 2.78. The molecule has 0 unspecified atom stereocenters. The van der Waals surface area contributed by atoms with Crippen molar-refractivity contribution < 1.29 is 22.8 Å². The fourth-order valence-corrected chi connectivity index (χ4v) is 5.68. The highest BCUT2D eigenvalue weighted by molar-refractivity contribution is 7.98. The molecule has 0 fully saturated rings. The maximum absolute atomic E-state index is 12.8.